The molecule has 1 aromatic rings. The van der Waals surface area contributed by atoms with E-state index in [-0.39, 0.29) is 12.2 Å². The third-order valence-electron chi connectivity index (χ3n) is 4.47. The number of rotatable bonds is 2. The molecule has 0 N–H and O–H groups in total. The van der Waals surface area contributed by atoms with Crippen LogP contribution in [0.3, 0.4) is 0 Å². The molecule has 21 heavy (non-hydrogen) atoms. The number of ether oxygens (including phenoxy) is 2. The lowest BCUT2D eigenvalue weighted by atomic mass is 9.95. The van der Waals surface area contributed by atoms with E-state index in [9.17, 15) is 4.79 Å². The summed E-state index contributed by atoms with van der Waals surface area (Å²) in [5.41, 5.74) is 3.08. The Kier molecular flexibility index (Phi) is 4.27. The number of nitrogens with zero attached hydrogens (tertiary/aromatic N) is 1. The number of amides is 1. The van der Waals surface area contributed by atoms with Crippen molar-refractivity contribution in [2.45, 2.75) is 33.0 Å². The van der Waals surface area contributed by atoms with Gasteiger partial charge in [-0.3, -0.25) is 4.79 Å². The average Bonchev–Trinajstić information content (AvgIpc) is 3.01. The Morgan fingerprint density at radius 1 is 1.14 bits per heavy atom. The molecule has 0 aliphatic carbocycles. The molecule has 2 aliphatic rings. The minimum atomic E-state index is -0.0524. The van der Waals surface area contributed by atoms with Gasteiger partial charge in [-0.2, -0.15) is 0 Å². The topological polar surface area (TPSA) is 38.8 Å². The minimum Gasteiger partial charge on any atom is -0.350 e. The molecule has 4 heteroatoms. The van der Waals surface area contributed by atoms with E-state index in [4.69, 9.17) is 9.47 Å². The SMILES string of the molecule is Cc1ccc(C(=O)N2CCC(C3OCCO3)CC2)c(C)c1. The van der Waals surface area contributed by atoms with Crippen molar-refractivity contribution in [2.24, 2.45) is 5.92 Å². The number of aryl methyl sites for hydroxylation is 2. The Hall–Kier alpha value is -1.39. The van der Waals surface area contributed by atoms with E-state index in [1.54, 1.807) is 0 Å². The molecule has 0 radical (unpaired) electrons. The van der Waals surface area contributed by atoms with Crippen molar-refractivity contribution in [3.8, 4) is 0 Å². The fourth-order valence-corrected chi connectivity index (χ4v) is 3.25. The monoisotopic (exact) mass is 289 g/mol. The minimum absolute atomic E-state index is 0.0524. The summed E-state index contributed by atoms with van der Waals surface area (Å²) in [5.74, 6) is 0.579. The summed E-state index contributed by atoms with van der Waals surface area (Å²) in [7, 11) is 0. The summed E-state index contributed by atoms with van der Waals surface area (Å²) >= 11 is 0. The fraction of sp³-hybridized carbons (Fsp3) is 0.588. The molecule has 0 atom stereocenters. The van der Waals surface area contributed by atoms with Crippen molar-refractivity contribution in [2.75, 3.05) is 26.3 Å². The number of hydrogen-bond acceptors (Lipinski definition) is 3. The highest BCUT2D eigenvalue weighted by Gasteiger charge is 2.32. The van der Waals surface area contributed by atoms with Crippen molar-refractivity contribution in [1.29, 1.82) is 0 Å². The fourth-order valence-electron chi connectivity index (χ4n) is 3.25. The zero-order chi connectivity index (χ0) is 14.8. The first kappa shape index (κ1) is 14.5. The highest BCUT2D eigenvalue weighted by atomic mass is 16.7. The predicted molar refractivity (Wildman–Crippen MR) is 80.2 cm³/mol. The van der Waals surface area contributed by atoms with Crippen LogP contribution in [0.25, 0.3) is 0 Å². The highest BCUT2D eigenvalue weighted by Crippen LogP contribution is 2.27. The van der Waals surface area contributed by atoms with E-state index in [2.05, 4.69) is 6.07 Å². The number of carbonyl (C=O) groups is 1. The molecule has 2 fully saturated rings. The molecule has 3 rings (SSSR count). The first-order valence-corrected chi connectivity index (χ1v) is 7.75. The Labute approximate surface area is 126 Å². The molecule has 0 spiro atoms. The maximum atomic E-state index is 12.6. The standard InChI is InChI=1S/C17H23NO3/c1-12-3-4-15(13(2)11-12)16(19)18-7-5-14(6-8-18)17-20-9-10-21-17/h3-4,11,14,17H,5-10H2,1-2H3. The van der Waals surface area contributed by atoms with Crippen LogP contribution >= 0.6 is 0 Å². The number of piperidine rings is 1. The van der Waals surface area contributed by atoms with Crippen LogP contribution in [-0.4, -0.2) is 43.4 Å². The summed E-state index contributed by atoms with van der Waals surface area (Å²) in [6.07, 6.45) is 1.87. The van der Waals surface area contributed by atoms with E-state index < -0.39 is 0 Å². The van der Waals surface area contributed by atoms with Crippen molar-refractivity contribution < 1.29 is 14.3 Å². The van der Waals surface area contributed by atoms with Gasteiger partial charge in [0.05, 0.1) is 13.2 Å². The Morgan fingerprint density at radius 2 is 1.81 bits per heavy atom. The van der Waals surface area contributed by atoms with Crippen LogP contribution in [0.15, 0.2) is 18.2 Å². The molecule has 2 aliphatic heterocycles. The van der Waals surface area contributed by atoms with Gasteiger partial charge in [-0.25, -0.2) is 0 Å². The normalized spacial score (nSPS) is 21.0. The maximum Gasteiger partial charge on any atom is 0.254 e. The molecule has 0 saturated carbocycles. The molecule has 2 heterocycles. The lowest BCUT2D eigenvalue weighted by Crippen LogP contribution is -2.41. The van der Waals surface area contributed by atoms with E-state index in [1.807, 2.05) is 30.9 Å². The first-order valence-electron chi connectivity index (χ1n) is 7.75. The van der Waals surface area contributed by atoms with Gasteiger partial charge in [-0.05, 0) is 38.3 Å². The van der Waals surface area contributed by atoms with Gasteiger partial charge in [-0.1, -0.05) is 17.7 Å². The van der Waals surface area contributed by atoms with Crippen LogP contribution in [0.1, 0.15) is 34.3 Å². The summed E-state index contributed by atoms with van der Waals surface area (Å²) in [4.78, 5) is 14.6. The van der Waals surface area contributed by atoms with Gasteiger partial charge in [0.15, 0.2) is 6.29 Å². The predicted octanol–water partition coefficient (Wildman–Crippen LogP) is 2.53. The molecule has 2 saturated heterocycles. The van der Waals surface area contributed by atoms with E-state index in [0.717, 1.165) is 37.1 Å². The third kappa shape index (κ3) is 3.11. The number of hydrogen-bond donors (Lipinski definition) is 0. The summed E-state index contributed by atoms with van der Waals surface area (Å²) in [6, 6.07) is 6.02. The summed E-state index contributed by atoms with van der Waals surface area (Å²) in [5, 5.41) is 0. The second kappa shape index (κ2) is 6.16. The lowest BCUT2D eigenvalue weighted by molar-refractivity contribution is -0.0956. The zero-order valence-corrected chi connectivity index (χ0v) is 12.8. The van der Waals surface area contributed by atoms with E-state index in [1.165, 1.54) is 5.56 Å². The first-order chi connectivity index (χ1) is 10.1. The molecular formula is C17H23NO3. The molecule has 0 unspecified atom stereocenters. The molecule has 1 amide bonds. The van der Waals surface area contributed by atoms with Crippen LogP contribution in [0.4, 0.5) is 0 Å². The smallest absolute Gasteiger partial charge is 0.254 e. The Balaban J connectivity index is 1.62. The van der Waals surface area contributed by atoms with Gasteiger partial charge in [-0.15, -0.1) is 0 Å². The third-order valence-corrected chi connectivity index (χ3v) is 4.47. The van der Waals surface area contributed by atoms with Crippen molar-refractivity contribution >= 4 is 5.91 Å². The number of benzene rings is 1. The van der Waals surface area contributed by atoms with Crippen LogP contribution in [0.5, 0.6) is 0 Å². The van der Waals surface area contributed by atoms with Crippen LogP contribution < -0.4 is 0 Å². The van der Waals surface area contributed by atoms with Crippen molar-refractivity contribution in [1.82, 2.24) is 4.90 Å². The summed E-state index contributed by atoms with van der Waals surface area (Å²) < 4.78 is 11.2. The number of carbonyl (C=O) groups excluding carboxylic acids is 1. The van der Waals surface area contributed by atoms with Gasteiger partial charge in [0.1, 0.15) is 0 Å². The largest absolute Gasteiger partial charge is 0.350 e. The van der Waals surface area contributed by atoms with Crippen LogP contribution in [0, 0.1) is 19.8 Å². The van der Waals surface area contributed by atoms with Gasteiger partial charge < -0.3 is 14.4 Å². The van der Waals surface area contributed by atoms with E-state index in [0.29, 0.717) is 19.1 Å². The Bertz CT molecular complexity index is 515. The Morgan fingerprint density at radius 3 is 2.43 bits per heavy atom. The molecule has 4 nitrogen and oxygen atoms in total. The molecule has 1 aromatic carbocycles. The summed E-state index contributed by atoms with van der Waals surface area (Å²) in [6.45, 7) is 7.04. The molecule has 114 valence electrons. The molecule has 0 bridgehead atoms. The van der Waals surface area contributed by atoms with Gasteiger partial charge in [0, 0.05) is 24.6 Å². The molecular weight excluding hydrogens is 266 g/mol. The average molecular weight is 289 g/mol. The lowest BCUT2D eigenvalue weighted by Gasteiger charge is -2.34. The maximum absolute atomic E-state index is 12.6. The molecule has 0 aromatic heterocycles. The van der Waals surface area contributed by atoms with Crippen molar-refractivity contribution in [3.05, 3.63) is 34.9 Å². The van der Waals surface area contributed by atoms with Gasteiger partial charge in [0.25, 0.3) is 5.91 Å². The highest BCUT2D eigenvalue weighted by molar-refractivity contribution is 5.95. The van der Waals surface area contributed by atoms with Gasteiger partial charge in [0.2, 0.25) is 0 Å². The van der Waals surface area contributed by atoms with Gasteiger partial charge >= 0.3 is 0 Å². The number of likely N-dealkylation sites (tertiary alicyclic amines) is 1. The van der Waals surface area contributed by atoms with E-state index >= 15 is 0 Å². The van der Waals surface area contributed by atoms with Crippen LogP contribution in [-0.2, 0) is 9.47 Å². The quantitative estimate of drug-likeness (QED) is 0.840. The zero-order valence-electron chi connectivity index (χ0n) is 12.8. The van der Waals surface area contributed by atoms with Crippen molar-refractivity contribution in [3.63, 3.8) is 0 Å². The second-order valence-corrected chi connectivity index (χ2v) is 6.06. The second-order valence-electron chi connectivity index (χ2n) is 6.06. The van der Waals surface area contributed by atoms with Crippen LogP contribution in [0.2, 0.25) is 0 Å².